The summed E-state index contributed by atoms with van der Waals surface area (Å²) in [7, 11) is 0. The first kappa shape index (κ1) is 23.7. The highest BCUT2D eigenvalue weighted by molar-refractivity contribution is 7.99. The van der Waals surface area contributed by atoms with Crippen LogP contribution in [0.5, 0.6) is 0 Å². The summed E-state index contributed by atoms with van der Waals surface area (Å²) in [6.45, 7) is 13.7. The van der Waals surface area contributed by atoms with Crippen molar-refractivity contribution in [1.82, 2.24) is 4.90 Å². The zero-order valence-corrected chi connectivity index (χ0v) is 17.5. The SMILES string of the molecule is CC.CCN(CCCSCC(C)F)CC(C)CCC1=CC=CCC1. The fourth-order valence-electron chi connectivity index (χ4n) is 2.84. The molecule has 1 aliphatic carbocycles. The first-order valence-electron chi connectivity index (χ1n) is 9.90. The van der Waals surface area contributed by atoms with Crippen molar-refractivity contribution in [1.29, 1.82) is 0 Å². The fourth-order valence-corrected chi connectivity index (χ4v) is 3.66. The maximum Gasteiger partial charge on any atom is 0.106 e. The zero-order chi connectivity index (χ0) is 18.2. The average molecular weight is 358 g/mol. The molecule has 2 atom stereocenters. The molecule has 0 aromatic carbocycles. The summed E-state index contributed by atoms with van der Waals surface area (Å²) in [6, 6.07) is 0. The Morgan fingerprint density at radius 1 is 1.29 bits per heavy atom. The quantitative estimate of drug-likeness (QED) is 0.366. The highest BCUT2D eigenvalue weighted by atomic mass is 32.2. The van der Waals surface area contributed by atoms with Gasteiger partial charge < -0.3 is 4.90 Å². The van der Waals surface area contributed by atoms with Gasteiger partial charge >= 0.3 is 0 Å². The van der Waals surface area contributed by atoms with E-state index in [-0.39, 0.29) is 0 Å². The molecule has 0 amide bonds. The maximum atomic E-state index is 12.7. The monoisotopic (exact) mass is 357 g/mol. The molecule has 24 heavy (non-hydrogen) atoms. The van der Waals surface area contributed by atoms with Gasteiger partial charge in [0.25, 0.3) is 0 Å². The summed E-state index contributed by atoms with van der Waals surface area (Å²) in [5.74, 6) is 2.48. The highest BCUT2D eigenvalue weighted by Crippen LogP contribution is 2.20. The minimum atomic E-state index is -0.670. The van der Waals surface area contributed by atoms with Crippen molar-refractivity contribution in [2.75, 3.05) is 31.1 Å². The molecule has 1 aliphatic rings. The third-order valence-corrected chi connectivity index (χ3v) is 5.46. The summed E-state index contributed by atoms with van der Waals surface area (Å²) in [6.07, 6.45) is 12.3. The van der Waals surface area contributed by atoms with Crippen LogP contribution in [0.4, 0.5) is 4.39 Å². The van der Waals surface area contributed by atoms with Crippen LogP contribution in [0.1, 0.15) is 66.7 Å². The van der Waals surface area contributed by atoms with Crippen LogP contribution in [0, 0.1) is 5.92 Å². The van der Waals surface area contributed by atoms with Crippen LogP contribution in [0.3, 0.4) is 0 Å². The largest absolute Gasteiger partial charge is 0.303 e. The zero-order valence-electron chi connectivity index (χ0n) is 16.7. The molecule has 0 bridgehead atoms. The molecule has 0 aromatic rings. The second-order valence-electron chi connectivity index (χ2n) is 6.54. The van der Waals surface area contributed by atoms with Crippen LogP contribution >= 0.6 is 11.8 Å². The summed E-state index contributed by atoms with van der Waals surface area (Å²) in [5, 5.41) is 0. The van der Waals surface area contributed by atoms with Crippen molar-refractivity contribution in [3.8, 4) is 0 Å². The number of allylic oxidation sites excluding steroid dienone is 4. The van der Waals surface area contributed by atoms with Gasteiger partial charge in [-0.05, 0) is 63.8 Å². The van der Waals surface area contributed by atoms with Gasteiger partial charge in [-0.3, -0.25) is 0 Å². The van der Waals surface area contributed by atoms with E-state index >= 15 is 0 Å². The Morgan fingerprint density at radius 2 is 2.04 bits per heavy atom. The number of halogens is 1. The molecule has 0 N–H and O–H groups in total. The Bertz CT molecular complexity index is 339. The molecular formula is C21H40FNS. The van der Waals surface area contributed by atoms with Gasteiger partial charge in [0.05, 0.1) is 0 Å². The summed E-state index contributed by atoms with van der Waals surface area (Å²) in [5.41, 5.74) is 1.62. The van der Waals surface area contributed by atoms with Crippen LogP contribution < -0.4 is 0 Å². The molecule has 1 nitrogen and oxygen atoms in total. The third kappa shape index (κ3) is 13.1. The van der Waals surface area contributed by atoms with E-state index < -0.39 is 6.17 Å². The summed E-state index contributed by atoms with van der Waals surface area (Å²) in [4.78, 5) is 2.55. The molecule has 0 aliphatic heterocycles. The summed E-state index contributed by atoms with van der Waals surface area (Å²) < 4.78 is 12.7. The van der Waals surface area contributed by atoms with Crippen LogP contribution in [-0.4, -0.2) is 42.2 Å². The molecule has 0 aromatic heterocycles. The Labute approximate surface area is 155 Å². The third-order valence-electron chi connectivity index (χ3n) is 4.19. The van der Waals surface area contributed by atoms with Crippen molar-refractivity contribution in [2.45, 2.75) is 72.9 Å². The highest BCUT2D eigenvalue weighted by Gasteiger charge is 2.10. The Balaban J connectivity index is 0.00000254. The first-order chi connectivity index (χ1) is 11.6. The van der Waals surface area contributed by atoms with Crippen LogP contribution in [0.25, 0.3) is 0 Å². The fraction of sp³-hybridized carbons (Fsp3) is 0.810. The van der Waals surface area contributed by atoms with Crippen molar-refractivity contribution in [2.24, 2.45) is 5.92 Å². The average Bonchev–Trinajstić information content (AvgIpc) is 2.61. The van der Waals surface area contributed by atoms with Crippen LogP contribution in [0.15, 0.2) is 23.8 Å². The number of hydrogen-bond acceptors (Lipinski definition) is 2. The van der Waals surface area contributed by atoms with Gasteiger partial charge in [0, 0.05) is 12.3 Å². The minimum Gasteiger partial charge on any atom is -0.303 e. The van der Waals surface area contributed by atoms with Gasteiger partial charge in [0.15, 0.2) is 0 Å². The first-order valence-corrected chi connectivity index (χ1v) is 11.1. The molecule has 0 heterocycles. The van der Waals surface area contributed by atoms with Crippen LogP contribution in [-0.2, 0) is 0 Å². The number of rotatable bonds is 12. The molecule has 2 unspecified atom stereocenters. The van der Waals surface area contributed by atoms with Crippen molar-refractivity contribution >= 4 is 11.8 Å². The van der Waals surface area contributed by atoms with Crippen molar-refractivity contribution in [3.05, 3.63) is 23.8 Å². The van der Waals surface area contributed by atoms with Crippen molar-refractivity contribution in [3.63, 3.8) is 0 Å². The second kappa shape index (κ2) is 16.2. The molecule has 0 saturated carbocycles. The van der Waals surface area contributed by atoms with E-state index in [1.807, 2.05) is 13.8 Å². The lowest BCUT2D eigenvalue weighted by Crippen LogP contribution is -2.30. The van der Waals surface area contributed by atoms with E-state index in [4.69, 9.17) is 0 Å². The van der Waals surface area contributed by atoms with Gasteiger partial charge in [0.1, 0.15) is 6.17 Å². The standard InChI is InChI=1S/C19H34FNS.C2H6/c1-4-21(13-8-14-22-16-18(3)20)15-17(2)11-12-19-9-6-5-7-10-19;1-2/h5-6,9,17-18H,4,7-8,10-16H2,1-3H3;1-2H3. The Morgan fingerprint density at radius 3 is 2.62 bits per heavy atom. The molecule has 3 heteroatoms. The maximum absolute atomic E-state index is 12.7. The lowest BCUT2D eigenvalue weighted by Gasteiger charge is -2.24. The van der Waals surface area contributed by atoms with E-state index in [1.165, 1.54) is 38.6 Å². The predicted octanol–water partition coefficient (Wildman–Crippen LogP) is 6.51. The van der Waals surface area contributed by atoms with E-state index in [0.29, 0.717) is 5.75 Å². The molecule has 0 radical (unpaired) electrons. The minimum absolute atomic E-state index is 0.645. The summed E-state index contributed by atoms with van der Waals surface area (Å²) >= 11 is 1.75. The lowest BCUT2D eigenvalue weighted by molar-refractivity contribution is 0.244. The Hall–Kier alpha value is -0.280. The molecule has 142 valence electrons. The Kier molecular flexibility index (Phi) is 16.0. The van der Waals surface area contributed by atoms with Gasteiger partial charge in [-0.2, -0.15) is 11.8 Å². The normalized spacial score (nSPS) is 16.4. The van der Waals surface area contributed by atoms with E-state index in [9.17, 15) is 4.39 Å². The van der Waals surface area contributed by atoms with Gasteiger partial charge in [0.2, 0.25) is 0 Å². The van der Waals surface area contributed by atoms with E-state index in [1.54, 1.807) is 24.3 Å². The number of alkyl halides is 1. The van der Waals surface area contributed by atoms with Gasteiger partial charge in [-0.25, -0.2) is 4.39 Å². The van der Waals surface area contributed by atoms with E-state index in [0.717, 1.165) is 24.8 Å². The van der Waals surface area contributed by atoms with Gasteiger partial charge in [-0.15, -0.1) is 0 Å². The lowest BCUT2D eigenvalue weighted by atomic mass is 9.95. The van der Waals surface area contributed by atoms with Crippen LogP contribution in [0.2, 0.25) is 0 Å². The van der Waals surface area contributed by atoms with Gasteiger partial charge in [-0.1, -0.05) is 51.5 Å². The molecule has 0 spiro atoms. The second-order valence-corrected chi connectivity index (χ2v) is 7.69. The molecule has 1 rings (SSSR count). The smallest absolute Gasteiger partial charge is 0.106 e. The number of nitrogens with zero attached hydrogens (tertiary/aromatic N) is 1. The molecule has 0 saturated heterocycles. The number of thioether (sulfide) groups is 1. The molecule has 0 fully saturated rings. The molecular weight excluding hydrogens is 317 g/mol. The topological polar surface area (TPSA) is 3.24 Å². The van der Waals surface area contributed by atoms with E-state index in [2.05, 4.69) is 37.0 Å². The predicted molar refractivity (Wildman–Crippen MR) is 111 cm³/mol. The number of hydrogen-bond donors (Lipinski definition) is 0. The van der Waals surface area contributed by atoms with Crippen molar-refractivity contribution < 1.29 is 4.39 Å².